The molecular weight excluding hydrogens is 556 g/mol. The predicted octanol–water partition coefficient (Wildman–Crippen LogP) is 4.64. The minimum Gasteiger partial charge on any atom is -0.465 e. The summed E-state index contributed by atoms with van der Waals surface area (Å²) in [7, 11) is 1.23. The highest BCUT2D eigenvalue weighted by atomic mass is 16.7. The van der Waals surface area contributed by atoms with Crippen molar-refractivity contribution in [2.75, 3.05) is 24.5 Å². The average Bonchev–Trinajstić information content (AvgIpc) is 2.97. The van der Waals surface area contributed by atoms with Crippen LogP contribution in [-0.4, -0.2) is 49.6 Å². The highest BCUT2D eigenvalue weighted by Gasteiger charge is 2.18. The van der Waals surface area contributed by atoms with Crippen LogP contribution in [0, 0.1) is 0 Å². The van der Waals surface area contributed by atoms with Crippen LogP contribution in [0.25, 0.3) is 0 Å². The number of anilines is 2. The summed E-state index contributed by atoms with van der Waals surface area (Å²) in [6.07, 6.45) is -1.09. The first-order chi connectivity index (χ1) is 20.3. The van der Waals surface area contributed by atoms with Gasteiger partial charge >= 0.3 is 18.0 Å². The maximum atomic E-state index is 13.2. The Balaban J connectivity index is 1.83. The summed E-state index contributed by atoms with van der Waals surface area (Å²) in [5, 5.41) is 5.47. The van der Waals surface area contributed by atoms with Gasteiger partial charge < -0.3 is 30.6 Å². The van der Waals surface area contributed by atoms with Gasteiger partial charge in [-0.2, -0.15) is 4.99 Å². The first-order valence-electron chi connectivity index (χ1n) is 13.0. The first kappa shape index (κ1) is 32.0. The fraction of sp³-hybridized carbons (Fsp3) is 0.226. The van der Waals surface area contributed by atoms with Crippen LogP contribution in [0.2, 0.25) is 0 Å². The van der Waals surface area contributed by atoms with Crippen molar-refractivity contribution >= 4 is 47.1 Å². The molecule has 0 aliphatic heterocycles. The Morgan fingerprint density at radius 1 is 0.767 bits per heavy atom. The van der Waals surface area contributed by atoms with Crippen molar-refractivity contribution < 1.29 is 38.2 Å². The number of nitrogens with two attached hydrogens (primary N) is 1. The standard InChI is InChI=1S/C31H32N4O8/c1-18(36)42-17-43-30(40)35-26(32)20-7-6-8-21(15-20)28(38)33-24-14-11-22(29(39)41-5)16-25(24)34-27(37)19-9-12-23(13-10-19)31(2,3)4/h6-16H,17H2,1-5H3,(H,33,38)(H,34,37)(H2,32,35,40). The number of carbonyl (C=O) groups is 5. The lowest BCUT2D eigenvalue weighted by molar-refractivity contribution is -0.148. The Labute approximate surface area is 248 Å². The molecule has 0 fully saturated rings. The maximum Gasteiger partial charge on any atom is 0.438 e. The minimum absolute atomic E-state index is 0.0936. The molecule has 0 aliphatic carbocycles. The Morgan fingerprint density at radius 3 is 2.00 bits per heavy atom. The number of nitrogens with one attached hydrogen (secondary N) is 2. The number of aliphatic imine (C=N–C) groups is 1. The summed E-state index contributed by atoms with van der Waals surface area (Å²) >= 11 is 0. The Morgan fingerprint density at radius 2 is 1.37 bits per heavy atom. The number of esters is 2. The van der Waals surface area contributed by atoms with Gasteiger partial charge in [-0.05, 0) is 53.4 Å². The van der Waals surface area contributed by atoms with Gasteiger partial charge in [0.05, 0.1) is 24.0 Å². The molecule has 0 heterocycles. The molecule has 12 nitrogen and oxygen atoms in total. The second kappa shape index (κ2) is 13.9. The molecule has 4 N–H and O–H groups in total. The van der Waals surface area contributed by atoms with Gasteiger partial charge in [0, 0.05) is 23.6 Å². The monoisotopic (exact) mass is 588 g/mol. The molecule has 3 amide bonds. The molecule has 0 bridgehead atoms. The molecule has 3 aromatic carbocycles. The molecule has 12 heteroatoms. The van der Waals surface area contributed by atoms with Crippen LogP contribution < -0.4 is 16.4 Å². The van der Waals surface area contributed by atoms with E-state index < -0.39 is 36.6 Å². The van der Waals surface area contributed by atoms with Crippen LogP contribution in [0.3, 0.4) is 0 Å². The van der Waals surface area contributed by atoms with Crippen molar-refractivity contribution in [3.05, 3.63) is 94.5 Å². The quantitative estimate of drug-likeness (QED) is 0.146. The molecule has 224 valence electrons. The van der Waals surface area contributed by atoms with Gasteiger partial charge in [0.15, 0.2) is 0 Å². The van der Waals surface area contributed by atoms with Crippen molar-refractivity contribution in [3.63, 3.8) is 0 Å². The number of methoxy groups -OCH3 is 1. The van der Waals surface area contributed by atoms with Gasteiger partial charge in [-0.25, -0.2) is 9.59 Å². The van der Waals surface area contributed by atoms with Crippen molar-refractivity contribution in [1.82, 2.24) is 0 Å². The van der Waals surface area contributed by atoms with E-state index in [1.807, 2.05) is 12.1 Å². The van der Waals surface area contributed by atoms with Gasteiger partial charge in [-0.1, -0.05) is 45.0 Å². The van der Waals surface area contributed by atoms with Crippen LogP contribution in [-0.2, 0) is 24.4 Å². The minimum atomic E-state index is -1.09. The highest BCUT2D eigenvalue weighted by Crippen LogP contribution is 2.27. The Kier molecular flexibility index (Phi) is 10.3. The number of nitrogens with zero attached hydrogens (tertiary/aromatic N) is 1. The van der Waals surface area contributed by atoms with Crippen LogP contribution in [0.4, 0.5) is 16.2 Å². The number of benzene rings is 3. The molecule has 43 heavy (non-hydrogen) atoms. The Bertz CT molecular complexity index is 1570. The fourth-order valence-corrected chi connectivity index (χ4v) is 3.69. The number of amidine groups is 1. The molecule has 0 atom stereocenters. The predicted molar refractivity (Wildman–Crippen MR) is 159 cm³/mol. The van der Waals surface area contributed by atoms with E-state index in [2.05, 4.69) is 45.9 Å². The largest absolute Gasteiger partial charge is 0.465 e. The third-order valence-corrected chi connectivity index (χ3v) is 6.03. The zero-order chi connectivity index (χ0) is 31.7. The zero-order valence-corrected chi connectivity index (χ0v) is 24.3. The number of ether oxygens (including phenoxy) is 3. The molecule has 0 saturated heterocycles. The number of amides is 3. The molecule has 3 rings (SSSR count). The maximum absolute atomic E-state index is 13.2. The number of hydrogen-bond acceptors (Lipinski definition) is 8. The lowest BCUT2D eigenvalue weighted by Crippen LogP contribution is -2.20. The Hall–Kier alpha value is -5.52. The topological polar surface area (TPSA) is 175 Å². The summed E-state index contributed by atoms with van der Waals surface area (Å²) in [4.78, 5) is 64.7. The van der Waals surface area contributed by atoms with E-state index in [1.54, 1.807) is 12.1 Å². The molecule has 0 radical (unpaired) electrons. The SMILES string of the molecule is COC(=O)c1ccc(NC(=O)c2cccc(/C(N)=N/C(=O)OCOC(C)=O)c2)c(NC(=O)c2ccc(C(C)(C)C)cc2)c1. The highest BCUT2D eigenvalue weighted by molar-refractivity contribution is 6.12. The second-order valence-electron chi connectivity index (χ2n) is 10.2. The van der Waals surface area contributed by atoms with Gasteiger partial charge in [-0.3, -0.25) is 14.4 Å². The molecule has 0 spiro atoms. The zero-order valence-electron chi connectivity index (χ0n) is 24.3. The average molecular weight is 589 g/mol. The second-order valence-corrected chi connectivity index (χ2v) is 10.2. The van der Waals surface area contributed by atoms with Crippen LogP contribution >= 0.6 is 0 Å². The molecule has 0 unspecified atom stereocenters. The molecule has 0 saturated carbocycles. The van der Waals surface area contributed by atoms with Gasteiger partial charge in [-0.15, -0.1) is 0 Å². The smallest absolute Gasteiger partial charge is 0.438 e. The van der Waals surface area contributed by atoms with Gasteiger partial charge in [0.25, 0.3) is 11.8 Å². The summed E-state index contributed by atoms with van der Waals surface area (Å²) in [6.45, 7) is 6.72. The number of carbonyl (C=O) groups excluding carboxylic acids is 5. The molecule has 0 aromatic heterocycles. The summed E-state index contributed by atoms with van der Waals surface area (Å²) in [6, 6.07) is 17.4. The molecule has 0 aliphatic rings. The molecular formula is C31H32N4O8. The van der Waals surface area contributed by atoms with E-state index in [4.69, 9.17) is 10.5 Å². The molecule has 3 aromatic rings. The van der Waals surface area contributed by atoms with E-state index in [0.717, 1.165) is 12.5 Å². The van der Waals surface area contributed by atoms with Gasteiger partial charge in [0.2, 0.25) is 6.79 Å². The van der Waals surface area contributed by atoms with Crippen LogP contribution in [0.15, 0.2) is 71.7 Å². The number of rotatable bonds is 8. The van der Waals surface area contributed by atoms with Crippen molar-refractivity contribution in [2.45, 2.75) is 33.1 Å². The third-order valence-electron chi connectivity index (χ3n) is 6.03. The van der Waals surface area contributed by atoms with Crippen molar-refractivity contribution in [1.29, 1.82) is 0 Å². The summed E-state index contributed by atoms with van der Waals surface area (Å²) in [5.41, 5.74) is 8.14. The van der Waals surface area contributed by atoms with E-state index in [9.17, 15) is 24.0 Å². The number of hydrogen-bond donors (Lipinski definition) is 3. The normalized spacial score (nSPS) is 11.2. The lowest BCUT2D eigenvalue weighted by Gasteiger charge is -2.19. The van der Waals surface area contributed by atoms with E-state index in [-0.39, 0.29) is 39.3 Å². The fourth-order valence-electron chi connectivity index (χ4n) is 3.69. The summed E-state index contributed by atoms with van der Waals surface area (Å²) < 4.78 is 13.9. The van der Waals surface area contributed by atoms with E-state index in [0.29, 0.717) is 5.56 Å². The van der Waals surface area contributed by atoms with Crippen molar-refractivity contribution in [2.24, 2.45) is 10.7 Å². The van der Waals surface area contributed by atoms with Crippen LogP contribution in [0.5, 0.6) is 0 Å². The van der Waals surface area contributed by atoms with Crippen molar-refractivity contribution in [3.8, 4) is 0 Å². The lowest BCUT2D eigenvalue weighted by atomic mass is 9.87. The third kappa shape index (κ3) is 8.98. The summed E-state index contributed by atoms with van der Waals surface area (Å²) in [5.74, 6) is -2.54. The van der Waals surface area contributed by atoms with Crippen LogP contribution in [0.1, 0.15) is 69.9 Å². The van der Waals surface area contributed by atoms with E-state index >= 15 is 0 Å². The van der Waals surface area contributed by atoms with E-state index in [1.165, 1.54) is 49.6 Å². The first-order valence-corrected chi connectivity index (χ1v) is 13.0. The van der Waals surface area contributed by atoms with Gasteiger partial charge in [0.1, 0.15) is 5.84 Å².